The van der Waals surface area contributed by atoms with Crippen molar-refractivity contribution in [1.82, 2.24) is 4.72 Å². The second kappa shape index (κ2) is 5.84. The summed E-state index contributed by atoms with van der Waals surface area (Å²) in [6.45, 7) is 11.3. The van der Waals surface area contributed by atoms with Crippen molar-refractivity contribution in [3.63, 3.8) is 0 Å². The van der Waals surface area contributed by atoms with E-state index in [2.05, 4.69) is 25.5 Å². The van der Waals surface area contributed by atoms with Crippen LogP contribution < -0.4 is 4.72 Å². The number of aryl methyl sites for hydroxylation is 2. The van der Waals surface area contributed by atoms with Gasteiger partial charge in [-0.15, -0.1) is 0 Å². The van der Waals surface area contributed by atoms with E-state index in [0.717, 1.165) is 16.7 Å². The maximum atomic E-state index is 12.4. The fraction of sp³-hybridized carbons (Fsp3) is 0.600. The van der Waals surface area contributed by atoms with Gasteiger partial charge in [0.05, 0.1) is 11.5 Å². The summed E-state index contributed by atoms with van der Waals surface area (Å²) >= 11 is 0. The van der Waals surface area contributed by atoms with Crippen LogP contribution in [0.1, 0.15) is 44.4 Å². The SMILES string of the molecule is Cc1cc(C(C)(C)C)cc(C)c1S(=O)(=O)N[C@H](C)CO. The molecule has 0 bridgehead atoms. The average Bonchev–Trinajstić information content (AvgIpc) is 2.25. The smallest absolute Gasteiger partial charge is 0.241 e. The first-order valence-electron chi connectivity index (χ1n) is 6.74. The van der Waals surface area contributed by atoms with E-state index in [1.54, 1.807) is 20.8 Å². The van der Waals surface area contributed by atoms with E-state index in [1.807, 2.05) is 12.1 Å². The maximum Gasteiger partial charge on any atom is 0.241 e. The average molecular weight is 299 g/mol. The summed E-state index contributed by atoms with van der Waals surface area (Å²) in [6, 6.07) is 3.34. The predicted octanol–water partition coefficient (Wildman–Crippen LogP) is 2.26. The molecule has 0 saturated carbocycles. The highest BCUT2D eigenvalue weighted by Crippen LogP contribution is 2.29. The molecule has 0 amide bonds. The van der Waals surface area contributed by atoms with Gasteiger partial charge in [-0.1, -0.05) is 32.9 Å². The van der Waals surface area contributed by atoms with Crippen LogP contribution >= 0.6 is 0 Å². The van der Waals surface area contributed by atoms with Gasteiger partial charge in [0.15, 0.2) is 0 Å². The highest BCUT2D eigenvalue weighted by Gasteiger charge is 2.24. The molecule has 0 fully saturated rings. The van der Waals surface area contributed by atoms with Crippen LogP contribution in [-0.4, -0.2) is 26.2 Å². The summed E-state index contributed by atoms with van der Waals surface area (Å²) in [5, 5.41) is 9.01. The topological polar surface area (TPSA) is 66.4 Å². The van der Waals surface area contributed by atoms with Crippen LogP contribution in [0.2, 0.25) is 0 Å². The van der Waals surface area contributed by atoms with Crippen LogP contribution in [0.5, 0.6) is 0 Å². The lowest BCUT2D eigenvalue weighted by molar-refractivity contribution is 0.265. The summed E-state index contributed by atoms with van der Waals surface area (Å²) in [4.78, 5) is 0.311. The van der Waals surface area contributed by atoms with Gasteiger partial charge in [-0.25, -0.2) is 13.1 Å². The van der Waals surface area contributed by atoms with Crippen LogP contribution in [0.15, 0.2) is 17.0 Å². The molecule has 2 N–H and O–H groups in total. The van der Waals surface area contributed by atoms with Gasteiger partial charge in [0.1, 0.15) is 0 Å². The first kappa shape index (κ1) is 17.1. The number of nitrogens with one attached hydrogen (secondary N) is 1. The molecule has 1 aromatic rings. The van der Waals surface area contributed by atoms with E-state index >= 15 is 0 Å². The van der Waals surface area contributed by atoms with Crippen LogP contribution in [0, 0.1) is 13.8 Å². The van der Waals surface area contributed by atoms with Crippen molar-refractivity contribution in [1.29, 1.82) is 0 Å². The standard InChI is InChI=1S/C15H25NO3S/c1-10-7-13(15(4,5)6)8-11(2)14(10)20(18,19)16-12(3)9-17/h7-8,12,16-17H,9H2,1-6H3/t12-/m1/s1. The van der Waals surface area contributed by atoms with Crippen molar-refractivity contribution < 1.29 is 13.5 Å². The van der Waals surface area contributed by atoms with Crippen molar-refractivity contribution in [3.8, 4) is 0 Å². The Labute approximate surface area is 122 Å². The molecule has 20 heavy (non-hydrogen) atoms. The first-order chi connectivity index (χ1) is 8.99. The minimum Gasteiger partial charge on any atom is -0.395 e. The largest absolute Gasteiger partial charge is 0.395 e. The van der Waals surface area contributed by atoms with Crippen molar-refractivity contribution in [2.45, 2.75) is 57.9 Å². The Morgan fingerprint density at radius 2 is 1.65 bits per heavy atom. The van der Waals surface area contributed by atoms with E-state index in [-0.39, 0.29) is 12.0 Å². The third-order valence-corrected chi connectivity index (χ3v) is 5.12. The molecule has 5 heteroatoms. The Balaban J connectivity index is 3.34. The highest BCUT2D eigenvalue weighted by atomic mass is 32.2. The number of hydrogen-bond donors (Lipinski definition) is 2. The van der Waals surface area contributed by atoms with E-state index in [4.69, 9.17) is 5.11 Å². The molecular formula is C15H25NO3S. The molecule has 0 aliphatic carbocycles. The van der Waals surface area contributed by atoms with Crippen molar-refractivity contribution >= 4 is 10.0 Å². The molecule has 114 valence electrons. The molecule has 0 aromatic heterocycles. The van der Waals surface area contributed by atoms with E-state index < -0.39 is 16.1 Å². The first-order valence-corrected chi connectivity index (χ1v) is 8.22. The van der Waals surface area contributed by atoms with Gasteiger partial charge in [-0.3, -0.25) is 0 Å². The second-order valence-corrected chi connectivity index (χ2v) is 8.04. The van der Waals surface area contributed by atoms with E-state index in [0.29, 0.717) is 4.90 Å². The molecule has 0 heterocycles. The quantitative estimate of drug-likeness (QED) is 0.896. The maximum absolute atomic E-state index is 12.4. The molecule has 1 rings (SSSR count). The summed E-state index contributed by atoms with van der Waals surface area (Å²) in [6.07, 6.45) is 0. The molecule has 0 aliphatic rings. The Bertz CT molecular complexity index is 563. The molecule has 0 aliphatic heterocycles. The van der Waals surface area contributed by atoms with Crippen LogP contribution in [0.4, 0.5) is 0 Å². The number of hydrogen-bond acceptors (Lipinski definition) is 3. The van der Waals surface area contributed by atoms with Gasteiger partial charge >= 0.3 is 0 Å². The Hall–Kier alpha value is -0.910. The zero-order valence-electron chi connectivity index (χ0n) is 13.1. The lowest BCUT2D eigenvalue weighted by atomic mass is 9.85. The van der Waals surface area contributed by atoms with E-state index in [1.165, 1.54) is 0 Å². The number of rotatable bonds is 4. The van der Waals surface area contributed by atoms with Gasteiger partial charge in [0.2, 0.25) is 10.0 Å². The summed E-state index contributed by atoms with van der Waals surface area (Å²) in [7, 11) is -3.61. The third kappa shape index (κ3) is 3.81. The van der Waals surface area contributed by atoms with Gasteiger partial charge in [-0.05, 0) is 42.9 Å². The summed E-state index contributed by atoms with van der Waals surface area (Å²) in [5.41, 5.74) is 2.55. The van der Waals surface area contributed by atoms with Gasteiger partial charge in [0.25, 0.3) is 0 Å². The van der Waals surface area contributed by atoms with Crippen LogP contribution in [0.25, 0.3) is 0 Å². The summed E-state index contributed by atoms with van der Waals surface area (Å²) in [5.74, 6) is 0. The van der Waals surface area contributed by atoms with Gasteiger partial charge in [-0.2, -0.15) is 0 Å². The molecule has 0 unspecified atom stereocenters. The number of sulfonamides is 1. The molecule has 4 nitrogen and oxygen atoms in total. The van der Waals surface area contributed by atoms with Crippen molar-refractivity contribution in [3.05, 3.63) is 28.8 Å². The minimum atomic E-state index is -3.61. The zero-order chi connectivity index (χ0) is 15.7. The van der Waals surface area contributed by atoms with Gasteiger partial charge in [0, 0.05) is 6.04 Å². The Morgan fingerprint density at radius 3 is 2.00 bits per heavy atom. The van der Waals surface area contributed by atoms with Crippen molar-refractivity contribution in [2.75, 3.05) is 6.61 Å². The van der Waals surface area contributed by atoms with Gasteiger partial charge < -0.3 is 5.11 Å². The summed E-state index contributed by atoms with van der Waals surface area (Å²) < 4.78 is 27.2. The normalized spacial score (nSPS) is 14.3. The lowest BCUT2D eigenvalue weighted by Gasteiger charge is -2.23. The van der Waals surface area contributed by atoms with Crippen LogP contribution in [-0.2, 0) is 15.4 Å². The zero-order valence-corrected chi connectivity index (χ0v) is 13.9. The van der Waals surface area contributed by atoms with Crippen molar-refractivity contribution in [2.24, 2.45) is 0 Å². The number of aliphatic hydroxyl groups excluding tert-OH is 1. The lowest BCUT2D eigenvalue weighted by Crippen LogP contribution is -2.35. The molecule has 1 aromatic carbocycles. The monoisotopic (exact) mass is 299 g/mol. The molecule has 0 saturated heterocycles. The third-order valence-electron chi connectivity index (χ3n) is 3.23. The molecule has 1 atom stereocenters. The second-order valence-electron chi connectivity index (χ2n) is 6.39. The Morgan fingerprint density at radius 1 is 1.20 bits per heavy atom. The Kier molecular flexibility index (Phi) is 5.00. The molecular weight excluding hydrogens is 274 g/mol. The highest BCUT2D eigenvalue weighted by molar-refractivity contribution is 7.89. The fourth-order valence-electron chi connectivity index (χ4n) is 2.17. The predicted molar refractivity (Wildman–Crippen MR) is 81.5 cm³/mol. The van der Waals surface area contributed by atoms with Crippen LogP contribution in [0.3, 0.4) is 0 Å². The number of benzene rings is 1. The molecule has 0 spiro atoms. The molecule has 0 radical (unpaired) electrons. The minimum absolute atomic E-state index is 0.0242. The van der Waals surface area contributed by atoms with E-state index in [9.17, 15) is 8.42 Å². The fourth-order valence-corrected chi connectivity index (χ4v) is 3.86. The number of aliphatic hydroxyl groups is 1.